The zero-order chi connectivity index (χ0) is 18.6. The van der Waals surface area contributed by atoms with Gasteiger partial charge in [-0.3, -0.25) is 4.79 Å². The Morgan fingerprint density at radius 2 is 1.75 bits per heavy atom. The van der Waals surface area contributed by atoms with Gasteiger partial charge in [-0.15, -0.1) is 0 Å². The largest absolute Gasteiger partial charge is 0.462 e. The molecule has 0 heterocycles. The van der Waals surface area contributed by atoms with E-state index in [0.717, 1.165) is 12.8 Å². The summed E-state index contributed by atoms with van der Waals surface area (Å²) in [7, 11) is -1.84. The molecule has 2 saturated carbocycles. The zero-order valence-electron chi connectivity index (χ0n) is 16.6. The first-order valence-corrected chi connectivity index (χ1v) is 12.0. The van der Waals surface area contributed by atoms with Crippen LogP contribution in [0.5, 0.6) is 0 Å². The topological polar surface area (TPSA) is 52.6 Å². The van der Waals surface area contributed by atoms with Crippen molar-refractivity contribution in [2.45, 2.75) is 85.0 Å². The summed E-state index contributed by atoms with van der Waals surface area (Å²) < 4.78 is 12.1. The van der Waals surface area contributed by atoms with Crippen molar-refractivity contribution in [3.05, 3.63) is 0 Å². The molecule has 5 heteroatoms. The first-order valence-electron chi connectivity index (χ1n) is 9.05. The summed E-state index contributed by atoms with van der Waals surface area (Å²) in [4.78, 5) is 23.3. The second-order valence-electron chi connectivity index (χ2n) is 9.81. The number of Topliss-reactive ketones (excluding diaryl/α,β-unsaturated/α-hetero) is 1. The van der Waals surface area contributed by atoms with Gasteiger partial charge in [0.2, 0.25) is 0 Å². The molecule has 2 rings (SSSR count). The molecule has 0 aromatic carbocycles. The monoisotopic (exact) mass is 354 g/mol. The first-order chi connectivity index (χ1) is 10.7. The second-order valence-corrected chi connectivity index (χ2v) is 14.6. The summed E-state index contributed by atoms with van der Waals surface area (Å²) in [5.41, 5.74) is -0.139. The quantitative estimate of drug-likeness (QED) is 0.526. The van der Waals surface area contributed by atoms with E-state index in [1.807, 2.05) is 0 Å². The van der Waals surface area contributed by atoms with Crippen LogP contribution in [0.25, 0.3) is 0 Å². The summed E-state index contributed by atoms with van der Waals surface area (Å²) in [5, 5.41) is 0.166. The average molecular weight is 355 g/mol. The van der Waals surface area contributed by atoms with Crippen LogP contribution in [-0.4, -0.2) is 32.8 Å². The molecule has 138 valence electrons. The van der Waals surface area contributed by atoms with Gasteiger partial charge in [-0.05, 0) is 43.3 Å². The molecule has 0 aromatic rings. The lowest BCUT2D eigenvalue weighted by molar-refractivity contribution is -0.147. The van der Waals surface area contributed by atoms with Crippen LogP contribution in [0.4, 0.5) is 0 Å². The Hall–Kier alpha value is -0.683. The van der Waals surface area contributed by atoms with E-state index in [1.165, 1.54) is 6.92 Å². The lowest BCUT2D eigenvalue weighted by Crippen LogP contribution is -2.44. The van der Waals surface area contributed by atoms with E-state index in [0.29, 0.717) is 18.9 Å². The Labute approximate surface area is 147 Å². The van der Waals surface area contributed by atoms with Crippen LogP contribution in [0, 0.1) is 16.7 Å². The van der Waals surface area contributed by atoms with Crippen LogP contribution >= 0.6 is 0 Å². The van der Waals surface area contributed by atoms with E-state index in [9.17, 15) is 9.59 Å². The molecule has 4 atom stereocenters. The van der Waals surface area contributed by atoms with Crippen LogP contribution in [0.15, 0.2) is 0 Å². The van der Waals surface area contributed by atoms with Crippen molar-refractivity contribution in [3.8, 4) is 0 Å². The van der Waals surface area contributed by atoms with Crippen LogP contribution in [0.3, 0.4) is 0 Å². The predicted molar refractivity (Wildman–Crippen MR) is 97.3 cm³/mol. The van der Waals surface area contributed by atoms with Gasteiger partial charge in [0.05, 0.1) is 0 Å². The fourth-order valence-corrected chi connectivity index (χ4v) is 5.36. The number of esters is 1. The minimum Gasteiger partial charge on any atom is -0.462 e. The van der Waals surface area contributed by atoms with E-state index >= 15 is 0 Å². The molecule has 0 aliphatic heterocycles. The van der Waals surface area contributed by atoms with E-state index in [1.54, 1.807) is 6.92 Å². The second kappa shape index (κ2) is 5.94. The maximum atomic E-state index is 11.9. The minimum absolute atomic E-state index is 0.00565. The van der Waals surface area contributed by atoms with Gasteiger partial charge in [0.15, 0.2) is 8.32 Å². The van der Waals surface area contributed by atoms with Crippen LogP contribution in [0.1, 0.15) is 60.8 Å². The zero-order valence-corrected chi connectivity index (χ0v) is 17.6. The SMILES string of the molecule is CC(=O)C[C@]1(C)C[C@H](OC(C)=O)[C@@H]2C[C@@]21CO[Si](C)(C)C(C)(C)C. The molecule has 24 heavy (non-hydrogen) atoms. The molecule has 0 saturated heterocycles. The number of rotatable bonds is 6. The van der Waals surface area contributed by atoms with Crippen molar-refractivity contribution in [2.24, 2.45) is 16.7 Å². The van der Waals surface area contributed by atoms with Crippen molar-refractivity contribution in [2.75, 3.05) is 6.61 Å². The van der Waals surface area contributed by atoms with Crippen LogP contribution in [0.2, 0.25) is 18.1 Å². The summed E-state index contributed by atoms with van der Waals surface area (Å²) in [6.07, 6.45) is 2.26. The van der Waals surface area contributed by atoms with Gasteiger partial charge in [0.25, 0.3) is 0 Å². The summed E-state index contributed by atoms with van der Waals surface area (Å²) >= 11 is 0. The van der Waals surface area contributed by atoms with Gasteiger partial charge in [0, 0.05) is 31.3 Å². The van der Waals surface area contributed by atoms with Gasteiger partial charge in [0.1, 0.15) is 11.9 Å². The number of carbonyl (C=O) groups is 2. The highest BCUT2D eigenvalue weighted by atomic mass is 28.4. The third-order valence-corrected chi connectivity index (χ3v) is 11.4. The average Bonchev–Trinajstić information content (AvgIpc) is 3.04. The molecule has 2 aliphatic rings. The Morgan fingerprint density at radius 1 is 1.17 bits per heavy atom. The molecule has 0 bridgehead atoms. The van der Waals surface area contributed by atoms with E-state index in [4.69, 9.17) is 9.16 Å². The molecular weight excluding hydrogens is 320 g/mol. The lowest BCUT2D eigenvalue weighted by Gasteiger charge is -2.41. The molecule has 0 aromatic heterocycles. The Kier molecular flexibility index (Phi) is 4.86. The number of hydrogen-bond donors (Lipinski definition) is 0. The Morgan fingerprint density at radius 3 is 2.21 bits per heavy atom. The predicted octanol–water partition coefficient (Wildman–Crippen LogP) is 4.34. The first kappa shape index (κ1) is 19.6. The summed E-state index contributed by atoms with van der Waals surface area (Å²) in [5.74, 6) is 0.326. The molecule has 0 unspecified atom stereocenters. The fraction of sp³-hybridized carbons (Fsp3) is 0.895. The Balaban J connectivity index is 2.19. The lowest BCUT2D eigenvalue weighted by atomic mass is 9.72. The number of ketones is 1. The van der Waals surface area contributed by atoms with E-state index in [2.05, 4.69) is 40.8 Å². The van der Waals surface area contributed by atoms with Crippen molar-refractivity contribution >= 4 is 20.1 Å². The van der Waals surface area contributed by atoms with Gasteiger partial charge in [-0.25, -0.2) is 0 Å². The third kappa shape index (κ3) is 3.34. The molecule has 2 fully saturated rings. The maximum absolute atomic E-state index is 11.9. The highest BCUT2D eigenvalue weighted by Gasteiger charge is 2.73. The maximum Gasteiger partial charge on any atom is 0.302 e. The highest BCUT2D eigenvalue weighted by molar-refractivity contribution is 6.74. The van der Waals surface area contributed by atoms with E-state index in [-0.39, 0.29) is 33.7 Å². The molecule has 0 radical (unpaired) electrons. The smallest absolute Gasteiger partial charge is 0.302 e. The van der Waals surface area contributed by atoms with Crippen molar-refractivity contribution in [1.82, 2.24) is 0 Å². The molecule has 0 amide bonds. The number of hydrogen-bond acceptors (Lipinski definition) is 4. The number of ether oxygens (including phenoxy) is 1. The fourth-order valence-electron chi connectivity index (χ4n) is 4.30. The van der Waals surface area contributed by atoms with Crippen LogP contribution < -0.4 is 0 Å². The molecular formula is C19H34O4Si. The summed E-state index contributed by atoms with van der Waals surface area (Å²) in [6, 6.07) is 0. The molecule has 0 N–H and O–H groups in total. The number of carbonyl (C=O) groups excluding carboxylic acids is 2. The Bertz CT molecular complexity index is 536. The molecule has 2 aliphatic carbocycles. The van der Waals surface area contributed by atoms with Crippen molar-refractivity contribution in [1.29, 1.82) is 0 Å². The van der Waals surface area contributed by atoms with Gasteiger partial charge < -0.3 is 14.0 Å². The van der Waals surface area contributed by atoms with Gasteiger partial charge in [-0.2, -0.15) is 0 Å². The number of fused-ring (bicyclic) bond motifs is 1. The van der Waals surface area contributed by atoms with Crippen molar-refractivity contribution in [3.63, 3.8) is 0 Å². The van der Waals surface area contributed by atoms with Crippen LogP contribution in [-0.2, 0) is 18.8 Å². The third-order valence-electron chi connectivity index (χ3n) is 6.89. The van der Waals surface area contributed by atoms with E-state index < -0.39 is 8.32 Å². The van der Waals surface area contributed by atoms with Gasteiger partial charge in [-0.1, -0.05) is 27.7 Å². The highest BCUT2D eigenvalue weighted by Crippen LogP contribution is 2.74. The minimum atomic E-state index is -1.84. The normalized spacial score (nSPS) is 35.5. The van der Waals surface area contributed by atoms with Gasteiger partial charge >= 0.3 is 5.97 Å². The molecule has 0 spiro atoms. The molecule has 4 nitrogen and oxygen atoms in total. The standard InChI is InChI=1S/C19H34O4Si/c1-13(20)9-18(6)11-16(23-14(2)21)15-10-19(15,18)12-22-24(7,8)17(3,4)5/h15-16H,9-12H2,1-8H3/t15-,16-,18+,19+/m0/s1. The summed E-state index contributed by atoms with van der Waals surface area (Å²) in [6.45, 7) is 17.3. The van der Waals surface area contributed by atoms with Crippen molar-refractivity contribution < 1.29 is 18.8 Å².